The number of hydrogen-bond donors (Lipinski definition) is 2. The minimum atomic E-state index is -3.85. The van der Waals surface area contributed by atoms with E-state index in [2.05, 4.69) is 4.72 Å². The second kappa shape index (κ2) is 11.2. The number of amides is 1. The average Bonchev–Trinajstić information content (AvgIpc) is 2.86. The molecule has 1 amide bonds. The molecule has 0 saturated carbocycles. The minimum absolute atomic E-state index is 0.0529. The molecule has 0 saturated heterocycles. The third-order valence-electron chi connectivity index (χ3n) is 6.23. The van der Waals surface area contributed by atoms with Crippen LogP contribution in [0.1, 0.15) is 19.4 Å². The molecule has 12 heteroatoms. The summed E-state index contributed by atoms with van der Waals surface area (Å²) in [5, 5.41) is 9.73. The number of likely N-dealkylation sites (N-methyl/N-ethyl adjacent to an activating group) is 1. The van der Waals surface area contributed by atoms with Crippen LogP contribution in [-0.2, 0) is 31.3 Å². The highest BCUT2D eigenvalue weighted by Gasteiger charge is 2.32. The Morgan fingerprint density at radius 1 is 1.17 bits per heavy atom. The van der Waals surface area contributed by atoms with E-state index in [1.54, 1.807) is 42.2 Å². The summed E-state index contributed by atoms with van der Waals surface area (Å²) in [5.41, 5.74) is 0.706. The smallest absolute Gasteiger partial charge is 0.261 e. The van der Waals surface area contributed by atoms with Crippen molar-refractivity contribution in [1.82, 2.24) is 9.21 Å². The highest BCUT2D eigenvalue weighted by Crippen LogP contribution is 2.30. The number of hydrogen-bond acceptors (Lipinski definition) is 7. The van der Waals surface area contributed by atoms with Crippen LogP contribution in [0.2, 0.25) is 0 Å². The van der Waals surface area contributed by atoms with Gasteiger partial charge in [-0.05, 0) is 37.3 Å². The molecular formula is C24H33N3O7S2. The largest absolute Gasteiger partial charge is 0.488 e. The van der Waals surface area contributed by atoms with Gasteiger partial charge in [0.2, 0.25) is 15.9 Å². The standard InChI is InChI=1S/C24H33N3O7S2/c1-17-14-27(18(2)16-28)24(29)13-19-12-20(25-36(32,33)21-8-6-5-7-9-21)10-11-22(19)34-23(17)15-26(3)35(4,30)31/h5-12,17-18,23,25,28H,13-16H2,1-4H3/t17-,18-,23+/m0/s1. The Bertz CT molecular complexity index is 1280. The van der Waals surface area contributed by atoms with Gasteiger partial charge in [-0.25, -0.2) is 21.1 Å². The van der Waals surface area contributed by atoms with Crippen molar-refractivity contribution in [2.75, 3.05) is 37.7 Å². The van der Waals surface area contributed by atoms with Crippen LogP contribution in [-0.4, -0.2) is 82.2 Å². The molecule has 36 heavy (non-hydrogen) atoms. The van der Waals surface area contributed by atoms with Gasteiger partial charge in [0.15, 0.2) is 0 Å². The number of carbonyl (C=O) groups excluding carboxylic acids is 1. The summed E-state index contributed by atoms with van der Waals surface area (Å²) in [6.45, 7) is 3.66. The molecule has 1 heterocycles. The van der Waals surface area contributed by atoms with E-state index in [4.69, 9.17) is 4.74 Å². The predicted molar refractivity (Wildman–Crippen MR) is 137 cm³/mol. The molecular weight excluding hydrogens is 506 g/mol. The zero-order chi connectivity index (χ0) is 26.7. The average molecular weight is 540 g/mol. The molecule has 0 aliphatic carbocycles. The van der Waals surface area contributed by atoms with E-state index >= 15 is 0 Å². The Kier molecular flexibility index (Phi) is 8.65. The maximum Gasteiger partial charge on any atom is 0.261 e. The van der Waals surface area contributed by atoms with Crippen molar-refractivity contribution < 1.29 is 31.5 Å². The summed E-state index contributed by atoms with van der Waals surface area (Å²) >= 11 is 0. The van der Waals surface area contributed by atoms with Crippen molar-refractivity contribution in [3.8, 4) is 5.75 Å². The molecule has 0 fully saturated rings. The number of aliphatic hydroxyl groups is 1. The van der Waals surface area contributed by atoms with E-state index in [9.17, 15) is 26.7 Å². The molecule has 0 spiro atoms. The van der Waals surface area contributed by atoms with E-state index in [1.807, 2.05) is 6.92 Å². The number of benzene rings is 2. The lowest BCUT2D eigenvalue weighted by Gasteiger charge is -2.33. The summed E-state index contributed by atoms with van der Waals surface area (Å²) in [4.78, 5) is 14.9. The van der Waals surface area contributed by atoms with Gasteiger partial charge >= 0.3 is 0 Å². The molecule has 2 N–H and O–H groups in total. The Morgan fingerprint density at radius 3 is 2.44 bits per heavy atom. The van der Waals surface area contributed by atoms with Crippen LogP contribution in [0.3, 0.4) is 0 Å². The number of sulfonamides is 2. The Hall–Kier alpha value is -2.67. The molecule has 1 aliphatic heterocycles. The summed E-state index contributed by atoms with van der Waals surface area (Å²) in [5.74, 6) is -0.161. The molecule has 0 bridgehead atoms. The number of ether oxygens (including phenoxy) is 1. The first-order valence-corrected chi connectivity index (χ1v) is 14.8. The van der Waals surface area contributed by atoms with Crippen molar-refractivity contribution in [3.05, 3.63) is 54.1 Å². The number of carbonyl (C=O) groups is 1. The molecule has 198 valence electrons. The van der Waals surface area contributed by atoms with Crippen LogP contribution in [0.25, 0.3) is 0 Å². The lowest BCUT2D eigenvalue weighted by Crippen LogP contribution is -2.48. The molecule has 0 unspecified atom stereocenters. The van der Waals surface area contributed by atoms with Gasteiger partial charge in [0.25, 0.3) is 10.0 Å². The second-order valence-electron chi connectivity index (χ2n) is 9.17. The number of nitrogens with zero attached hydrogens (tertiary/aromatic N) is 2. The highest BCUT2D eigenvalue weighted by molar-refractivity contribution is 7.92. The number of aliphatic hydroxyl groups excluding tert-OH is 1. The van der Waals surface area contributed by atoms with E-state index in [0.717, 1.165) is 6.26 Å². The van der Waals surface area contributed by atoms with Gasteiger partial charge in [0.1, 0.15) is 11.9 Å². The fourth-order valence-electron chi connectivity index (χ4n) is 3.91. The Labute approximate surface area is 213 Å². The summed E-state index contributed by atoms with van der Waals surface area (Å²) in [6.07, 6.45) is 0.423. The van der Waals surface area contributed by atoms with E-state index in [1.165, 1.54) is 29.6 Å². The monoisotopic (exact) mass is 539 g/mol. The molecule has 2 aromatic rings. The second-order valence-corrected chi connectivity index (χ2v) is 12.9. The molecule has 3 rings (SSSR count). The van der Waals surface area contributed by atoms with Gasteiger partial charge in [-0.1, -0.05) is 25.1 Å². The zero-order valence-corrected chi connectivity index (χ0v) is 22.4. The highest BCUT2D eigenvalue weighted by atomic mass is 32.2. The third-order valence-corrected chi connectivity index (χ3v) is 8.90. The summed E-state index contributed by atoms with van der Waals surface area (Å²) in [7, 11) is -5.87. The number of rotatable bonds is 8. The van der Waals surface area contributed by atoms with Crippen molar-refractivity contribution in [2.45, 2.75) is 37.3 Å². The van der Waals surface area contributed by atoms with E-state index < -0.39 is 32.2 Å². The third kappa shape index (κ3) is 6.75. The molecule has 0 radical (unpaired) electrons. The van der Waals surface area contributed by atoms with Gasteiger partial charge in [0, 0.05) is 30.8 Å². The summed E-state index contributed by atoms with van der Waals surface area (Å²) < 4.78 is 59.7. The number of nitrogens with one attached hydrogen (secondary N) is 1. The van der Waals surface area contributed by atoms with Gasteiger partial charge in [-0.3, -0.25) is 9.52 Å². The molecule has 2 aromatic carbocycles. The van der Waals surface area contributed by atoms with Crippen LogP contribution in [0.5, 0.6) is 5.75 Å². The normalized spacial score (nSPS) is 20.1. The fraction of sp³-hybridized carbons (Fsp3) is 0.458. The SMILES string of the molecule is C[C@H]1CN([C@@H](C)CO)C(=O)Cc2cc(NS(=O)(=O)c3ccccc3)ccc2O[C@@H]1CN(C)S(C)(=O)=O. The summed E-state index contributed by atoms with van der Waals surface area (Å²) in [6, 6.07) is 12.1. The van der Waals surface area contributed by atoms with Crippen LogP contribution < -0.4 is 9.46 Å². The van der Waals surface area contributed by atoms with Crippen LogP contribution >= 0.6 is 0 Å². The molecule has 0 aromatic heterocycles. The lowest BCUT2D eigenvalue weighted by atomic mass is 10.0. The number of anilines is 1. The first-order chi connectivity index (χ1) is 16.8. The van der Waals surface area contributed by atoms with Gasteiger partial charge in [0.05, 0.1) is 36.8 Å². The first-order valence-electron chi connectivity index (χ1n) is 11.5. The van der Waals surface area contributed by atoms with Crippen LogP contribution in [0.4, 0.5) is 5.69 Å². The Balaban J connectivity index is 2.00. The number of fused-ring (bicyclic) bond motifs is 1. The van der Waals surface area contributed by atoms with Gasteiger partial charge < -0.3 is 14.7 Å². The molecule has 3 atom stereocenters. The maximum absolute atomic E-state index is 13.2. The topological polar surface area (TPSA) is 133 Å². The van der Waals surface area contributed by atoms with Crippen LogP contribution in [0.15, 0.2) is 53.4 Å². The Morgan fingerprint density at radius 2 is 1.83 bits per heavy atom. The van der Waals surface area contributed by atoms with Gasteiger partial charge in [-0.2, -0.15) is 0 Å². The van der Waals surface area contributed by atoms with Crippen molar-refractivity contribution >= 4 is 31.6 Å². The fourth-order valence-corrected chi connectivity index (χ4v) is 5.40. The zero-order valence-electron chi connectivity index (χ0n) is 20.8. The minimum Gasteiger partial charge on any atom is -0.488 e. The van der Waals surface area contributed by atoms with E-state index in [0.29, 0.717) is 11.3 Å². The van der Waals surface area contributed by atoms with Crippen molar-refractivity contribution in [3.63, 3.8) is 0 Å². The van der Waals surface area contributed by atoms with Crippen LogP contribution in [0, 0.1) is 5.92 Å². The first kappa shape index (κ1) is 27.9. The quantitative estimate of drug-likeness (QED) is 0.520. The molecule has 10 nitrogen and oxygen atoms in total. The van der Waals surface area contributed by atoms with E-state index in [-0.39, 0.29) is 48.5 Å². The maximum atomic E-state index is 13.2. The van der Waals surface area contributed by atoms with Crippen molar-refractivity contribution in [1.29, 1.82) is 0 Å². The van der Waals surface area contributed by atoms with Crippen molar-refractivity contribution in [2.24, 2.45) is 5.92 Å². The van der Waals surface area contributed by atoms with Gasteiger partial charge in [-0.15, -0.1) is 0 Å². The predicted octanol–water partition coefficient (Wildman–Crippen LogP) is 1.53. The molecule has 1 aliphatic rings. The lowest BCUT2D eigenvalue weighted by molar-refractivity contribution is -0.134.